The number of ketones is 1. The van der Waals surface area contributed by atoms with Gasteiger partial charge in [-0.3, -0.25) is 14.5 Å². The number of benzene rings is 1. The molecule has 0 saturated carbocycles. The number of hydrogen-bond acceptors (Lipinski definition) is 6. The molecule has 6 rings (SSSR count). The van der Waals surface area contributed by atoms with Crippen molar-refractivity contribution in [1.29, 1.82) is 0 Å². The zero-order valence-electron chi connectivity index (χ0n) is 19.5. The highest BCUT2D eigenvalue weighted by atomic mass is 32.1. The van der Waals surface area contributed by atoms with Crippen LogP contribution < -0.4 is 5.32 Å². The Balaban J connectivity index is 1.65. The van der Waals surface area contributed by atoms with E-state index in [0.717, 1.165) is 32.1 Å². The van der Waals surface area contributed by atoms with Gasteiger partial charge in [0.2, 0.25) is 0 Å². The maximum absolute atomic E-state index is 14.8. The fraction of sp³-hybridized carbons (Fsp3) is 0.333. The number of anilines is 1. The Bertz CT molecular complexity index is 1310. The molecule has 5 heterocycles. The maximum Gasteiger partial charge on any atom is 0.250 e. The van der Waals surface area contributed by atoms with Gasteiger partial charge in [0.05, 0.1) is 5.41 Å². The van der Waals surface area contributed by atoms with Crippen molar-refractivity contribution in [3.8, 4) is 0 Å². The first-order chi connectivity index (χ1) is 16.4. The van der Waals surface area contributed by atoms with Crippen LogP contribution in [0.2, 0.25) is 0 Å². The molecule has 1 amide bonds. The van der Waals surface area contributed by atoms with Crippen LogP contribution in [0.3, 0.4) is 0 Å². The van der Waals surface area contributed by atoms with Gasteiger partial charge in [0, 0.05) is 52.1 Å². The molecule has 2 spiro atoms. The predicted molar refractivity (Wildman–Crippen MR) is 138 cm³/mol. The summed E-state index contributed by atoms with van der Waals surface area (Å²) >= 11 is 3.31. The zero-order valence-corrected chi connectivity index (χ0v) is 21.1. The van der Waals surface area contributed by atoms with Crippen molar-refractivity contribution >= 4 is 46.1 Å². The molecule has 174 valence electrons. The number of carbonyl (C=O) groups excluding carboxylic acids is 2. The van der Waals surface area contributed by atoms with Gasteiger partial charge in [0.25, 0.3) is 5.91 Å². The highest BCUT2D eigenvalue weighted by Crippen LogP contribution is 2.64. The van der Waals surface area contributed by atoms with E-state index in [2.05, 4.69) is 39.7 Å². The fourth-order valence-corrected chi connectivity index (χ4v) is 8.20. The Morgan fingerprint density at radius 3 is 2.62 bits per heavy atom. The van der Waals surface area contributed by atoms with Crippen LogP contribution in [0, 0.1) is 12.3 Å². The van der Waals surface area contributed by atoms with Crippen LogP contribution in [-0.4, -0.2) is 55.2 Å². The number of nitrogens with one attached hydrogen (secondary N) is 1. The van der Waals surface area contributed by atoms with Gasteiger partial charge in [-0.15, -0.1) is 22.7 Å². The molecule has 2 aromatic heterocycles. The first-order valence-corrected chi connectivity index (χ1v) is 13.3. The number of fused-ring (bicyclic) bond motifs is 3. The Hall–Kier alpha value is -2.58. The van der Waals surface area contributed by atoms with Gasteiger partial charge >= 0.3 is 0 Å². The first kappa shape index (κ1) is 21.9. The summed E-state index contributed by atoms with van der Waals surface area (Å²) in [5.41, 5.74) is 1.61. The topological polar surface area (TPSA) is 52.7 Å². The summed E-state index contributed by atoms with van der Waals surface area (Å²) < 4.78 is 0. The average molecular weight is 490 g/mol. The summed E-state index contributed by atoms with van der Waals surface area (Å²) in [6.07, 6.45) is 2.03. The number of aryl methyl sites for hydroxylation is 1. The number of likely N-dealkylation sites (N-methyl/N-ethyl adjacent to an activating group) is 2. The lowest BCUT2D eigenvalue weighted by molar-refractivity contribution is -0.146. The molecule has 0 radical (unpaired) electrons. The molecular formula is C27H27N3O2S2. The van der Waals surface area contributed by atoms with Crippen LogP contribution >= 0.6 is 22.7 Å². The average Bonchev–Trinajstić information content (AvgIpc) is 3.58. The number of Topliss-reactive ketones (excluding diaryl/α,β-unsaturated/α-hetero) is 1. The van der Waals surface area contributed by atoms with Crippen LogP contribution in [0.5, 0.6) is 0 Å². The van der Waals surface area contributed by atoms with E-state index in [1.165, 1.54) is 0 Å². The number of piperidine rings is 1. The molecule has 2 fully saturated rings. The van der Waals surface area contributed by atoms with E-state index < -0.39 is 11.0 Å². The molecule has 0 aliphatic carbocycles. The summed E-state index contributed by atoms with van der Waals surface area (Å²) in [5.74, 6) is -0.0725. The van der Waals surface area contributed by atoms with Gasteiger partial charge in [-0.2, -0.15) is 0 Å². The molecule has 0 bridgehead atoms. The molecule has 34 heavy (non-hydrogen) atoms. The molecule has 3 atom stereocenters. The third-order valence-corrected chi connectivity index (χ3v) is 9.62. The second-order valence-electron chi connectivity index (χ2n) is 9.82. The van der Waals surface area contributed by atoms with E-state index in [1.54, 1.807) is 22.7 Å². The molecule has 5 nitrogen and oxygen atoms in total. The number of carbonyl (C=O) groups is 2. The molecule has 1 aromatic carbocycles. The number of thiophene rings is 2. The summed E-state index contributed by atoms with van der Waals surface area (Å²) in [7, 11) is 4.08. The molecular weight excluding hydrogens is 462 g/mol. The predicted octanol–water partition coefficient (Wildman–Crippen LogP) is 4.58. The molecule has 3 aliphatic heterocycles. The highest BCUT2D eigenvalue weighted by Gasteiger charge is 2.74. The van der Waals surface area contributed by atoms with Crippen molar-refractivity contribution in [2.24, 2.45) is 5.41 Å². The second-order valence-corrected chi connectivity index (χ2v) is 11.8. The van der Waals surface area contributed by atoms with Crippen LogP contribution in [0.4, 0.5) is 5.69 Å². The molecule has 1 N–H and O–H groups in total. The lowest BCUT2D eigenvalue weighted by atomic mass is 9.57. The van der Waals surface area contributed by atoms with Gasteiger partial charge < -0.3 is 10.2 Å². The lowest BCUT2D eigenvalue weighted by Gasteiger charge is -2.50. The fourth-order valence-electron chi connectivity index (χ4n) is 6.61. The maximum atomic E-state index is 14.8. The number of rotatable bonds is 2. The van der Waals surface area contributed by atoms with E-state index >= 15 is 0 Å². The van der Waals surface area contributed by atoms with Crippen molar-refractivity contribution in [3.05, 3.63) is 79.7 Å². The van der Waals surface area contributed by atoms with E-state index in [4.69, 9.17) is 0 Å². The lowest BCUT2D eigenvalue weighted by Crippen LogP contribution is -2.65. The highest BCUT2D eigenvalue weighted by molar-refractivity contribution is 7.11. The van der Waals surface area contributed by atoms with Crippen LogP contribution in [-0.2, 0) is 15.1 Å². The van der Waals surface area contributed by atoms with Gasteiger partial charge in [-0.25, -0.2) is 0 Å². The van der Waals surface area contributed by atoms with Gasteiger partial charge in [-0.1, -0.05) is 29.8 Å². The van der Waals surface area contributed by atoms with Crippen LogP contribution in [0.1, 0.15) is 26.8 Å². The third kappa shape index (κ3) is 2.78. The number of hydrogen-bond donors (Lipinski definition) is 1. The SMILES string of the molecule is Cc1ccc2c(c1)[C@]1(C(=O)N2)N(C)C[C@@H](c2cccs2)[C@@]12CN(C)C/C(=C\c1cccs1)C2=O. The quantitative estimate of drug-likeness (QED) is 0.536. The summed E-state index contributed by atoms with van der Waals surface area (Å²) in [6, 6.07) is 14.3. The second kappa shape index (κ2) is 7.71. The Morgan fingerprint density at radius 1 is 1.09 bits per heavy atom. The van der Waals surface area contributed by atoms with E-state index in [-0.39, 0.29) is 17.6 Å². The molecule has 3 aliphatic rings. The van der Waals surface area contributed by atoms with Gasteiger partial charge in [0.15, 0.2) is 5.78 Å². The zero-order chi connectivity index (χ0) is 23.7. The van der Waals surface area contributed by atoms with Crippen molar-refractivity contribution in [1.82, 2.24) is 9.80 Å². The third-order valence-electron chi connectivity index (χ3n) is 7.81. The van der Waals surface area contributed by atoms with Crippen molar-refractivity contribution in [3.63, 3.8) is 0 Å². The minimum absolute atomic E-state index is 0.0864. The summed E-state index contributed by atoms with van der Waals surface area (Å²) in [6.45, 7) is 3.80. The van der Waals surface area contributed by atoms with Crippen LogP contribution in [0.25, 0.3) is 6.08 Å². The van der Waals surface area contributed by atoms with Crippen molar-refractivity contribution in [2.45, 2.75) is 18.4 Å². The number of nitrogens with zero attached hydrogens (tertiary/aromatic N) is 2. The summed E-state index contributed by atoms with van der Waals surface area (Å²) in [5, 5.41) is 7.26. The molecule has 3 aromatic rings. The van der Waals surface area contributed by atoms with E-state index in [1.807, 2.05) is 55.8 Å². The molecule has 7 heteroatoms. The van der Waals surface area contributed by atoms with Crippen LogP contribution in [0.15, 0.2) is 58.8 Å². The van der Waals surface area contributed by atoms with Crippen molar-refractivity contribution in [2.75, 3.05) is 39.0 Å². The monoisotopic (exact) mass is 489 g/mol. The Kier molecular flexibility index (Phi) is 4.97. The Morgan fingerprint density at radius 2 is 1.88 bits per heavy atom. The molecule has 0 unspecified atom stereocenters. The van der Waals surface area contributed by atoms with Gasteiger partial charge in [0.1, 0.15) is 5.54 Å². The smallest absolute Gasteiger partial charge is 0.250 e. The van der Waals surface area contributed by atoms with E-state index in [0.29, 0.717) is 19.6 Å². The molecule has 2 saturated heterocycles. The normalized spacial score (nSPS) is 30.6. The first-order valence-electron chi connectivity index (χ1n) is 11.5. The van der Waals surface area contributed by atoms with Crippen molar-refractivity contribution < 1.29 is 9.59 Å². The standard InChI is InChI=1S/C27H27N3O2S2/c1-17-8-9-22-20(12-17)27(25(32)28-22)26(21(15-30(27)3)23-7-5-11-34-23)16-29(2)14-18(24(26)31)13-19-6-4-10-33-19/h4-13,21H,14-16H2,1-3H3,(H,28,32)/b18-13+/t21-,26+,27+/m0/s1. The largest absolute Gasteiger partial charge is 0.324 e. The Labute approximate surface area is 207 Å². The van der Waals surface area contributed by atoms with E-state index in [9.17, 15) is 9.59 Å². The number of amides is 1. The summed E-state index contributed by atoms with van der Waals surface area (Å²) in [4.78, 5) is 35.5. The minimum Gasteiger partial charge on any atom is -0.324 e. The number of likely N-dealkylation sites (tertiary alicyclic amines) is 2. The minimum atomic E-state index is -1.07. The van der Waals surface area contributed by atoms with Gasteiger partial charge in [-0.05, 0) is 56.1 Å².